The third-order valence-electron chi connectivity index (χ3n) is 3.90. The molecule has 0 fully saturated rings. The van der Waals surface area contributed by atoms with Crippen LogP contribution in [0.4, 0.5) is 0 Å². The van der Waals surface area contributed by atoms with E-state index in [1.54, 1.807) is 0 Å². The fraction of sp³-hybridized carbons (Fsp3) is 0.364. The molecule has 0 heterocycles. The molecule has 2 aromatic carbocycles. The minimum Gasteiger partial charge on any atom is -0.494 e. The predicted molar refractivity (Wildman–Crippen MR) is 129 cm³/mol. The van der Waals surface area contributed by atoms with Gasteiger partial charge in [0.1, 0.15) is 5.75 Å². The second kappa shape index (κ2) is 15.6. The smallest absolute Gasteiger partial charge is 0.251 e. The first-order valence-corrected chi connectivity index (χ1v) is 9.83. The summed E-state index contributed by atoms with van der Waals surface area (Å²) in [5, 5.41) is 9.44. The fourth-order valence-electron chi connectivity index (χ4n) is 2.49. The van der Waals surface area contributed by atoms with Crippen LogP contribution in [0.1, 0.15) is 30.1 Å². The molecule has 158 valence electrons. The van der Waals surface area contributed by atoms with Gasteiger partial charge in [0, 0.05) is 38.2 Å². The first-order chi connectivity index (χ1) is 13.8. The number of amides is 1. The molecule has 0 radical (unpaired) electrons. The Kier molecular flexibility index (Phi) is 13.3. The number of benzene rings is 2. The van der Waals surface area contributed by atoms with Crippen molar-refractivity contribution in [3.8, 4) is 5.75 Å². The number of nitrogens with one attached hydrogen (secondary N) is 3. The minimum absolute atomic E-state index is 0. The molecule has 1 amide bonds. The van der Waals surface area contributed by atoms with Crippen molar-refractivity contribution in [2.75, 3.05) is 32.8 Å². The van der Waals surface area contributed by atoms with E-state index in [1.165, 1.54) is 0 Å². The Morgan fingerprint density at radius 2 is 1.55 bits per heavy atom. The number of carbonyl (C=O) groups is 1. The van der Waals surface area contributed by atoms with Gasteiger partial charge in [-0.15, -0.1) is 24.0 Å². The van der Waals surface area contributed by atoms with Crippen LogP contribution in [0.3, 0.4) is 0 Å². The normalized spacial score (nSPS) is 10.6. The van der Waals surface area contributed by atoms with E-state index < -0.39 is 0 Å². The molecule has 0 aliphatic carbocycles. The number of guanidine groups is 1. The largest absolute Gasteiger partial charge is 0.494 e. The highest BCUT2D eigenvalue weighted by Gasteiger charge is 2.03. The van der Waals surface area contributed by atoms with Crippen molar-refractivity contribution in [3.05, 3.63) is 66.2 Å². The van der Waals surface area contributed by atoms with E-state index in [-0.39, 0.29) is 29.9 Å². The van der Waals surface area contributed by atoms with Crippen LogP contribution in [0.25, 0.3) is 0 Å². The van der Waals surface area contributed by atoms with Crippen LogP contribution in [0.15, 0.2) is 65.7 Å². The zero-order valence-corrected chi connectivity index (χ0v) is 19.2. The summed E-state index contributed by atoms with van der Waals surface area (Å²) in [6, 6.07) is 19.0. The van der Waals surface area contributed by atoms with Gasteiger partial charge in [-0.3, -0.25) is 9.79 Å². The molecule has 0 bridgehead atoms. The maximum Gasteiger partial charge on any atom is 0.251 e. The number of hydrogen-bond acceptors (Lipinski definition) is 3. The number of halogens is 1. The van der Waals surface area contributed by atoms with Crippen molar-refractivity contribution in [1.82, 2.24) is 16.0 Å². The van der Waals surface area contributed by atoms with Gasteiger partial charge in [0.25, 0.3) is 5.91 Å². The fourth-order valence-corrected chi connectivity index (χ4v) is 2.49. The Bertz CT molecular complexity index is 711. The first kappa shape index (κ1) is 24.7. The summed E-state index contributed by atoms with van der Waals surface area (Å²) in [5.74, 6) is 1.63. The van der Waals surface area contributed by atoms with Crippen LogP contribution in [0.5, 0.6) is 5.75 Å². The number of ether oxygens (including phenoxy) is 1. The quantitative estimate of drug-likeness (QED) is 0.188. The van der Waals surface area contributed by atoms with Crippen molar-refractivity contribution in [2.45, 2.75) is 19.8 Å². The lowest BCUT2D eigenvalue weighted by Gasteiger charge is -2.12. The van der Waals surface area contributed by atoms with Gasteiger partial charge in [-0.25, -0.2) is 0 Å². The molecular formula is C22H31IN4O2. The molecule has 2 rings (SSSR count). The monoisotopic (exact) mass is 510 g/mol. The van der Waals surface area contributed by atoms with Gasteiger partial charge in [0.15, 0.2) is 5.96 Å². The number of carbonyl (C=O) groups excluding carboxylic acids is 1. The van der Waals surface area contributed by atoms with E-state index in [4.69, 9.17) is 4.74 Å². The molecule has 3 N–H and O–H groups in total. The number of nitrogens with zero attached hydrogens (tertiary/aromatic N) is 1. The van der Waals surface area contributed by atoms with Crippen molar-refractivity contribution >= 4 is 35.8 Å². The van der Waals surface area contributed by atoms with Crippen molar-refractivity contribution in [2.24, 2.45) is 4.99 Å². The molecule has 0 aliphatic rings. The van der Waals surface area contributed by atoms with E-state index in [1.807, 2.05) is 67.6 Å². The van der Waals surface area contributed by atoms with Gasteiger partial charge in [-0.1, -0.05) is 36.4 Å². The molecule has 2 aromatic rings. The van der Waals surface area contributed by atoms with E-state index in [0.717, 1.165) is 37.6 Å². The summed E-state index contributed by atoms with van der Waals surface area (Å²) in [7, 11) is 0. The minimum atomic E-state index is -0.0420. The number of rotatable bonds is 11. The summed E-state index contributed by atoms with van der Waals surface area (Å²) >= 11 is 0. The second-order valence-corrected chi connectivity index (χ2v) is 6.18. The van der Waals surface area contributed by atoms with E-state index in [0.29, 0.717) is 25.3 Å². The van der Waals surface area contributed by atoms with Gasteiger partial charge >= 0.3 is 0 Å². The molecule has 0 atom stereocenters. The average Bonchev–Trinajstić information content (AvgIpc) is 2.74. The Hall–Kier alpha value is -2.29. The van der Waals surface area contributed by atoms with Crippen molar-refractivity contribution in [1.29, 1.82) is 0 Å². The second-order valence-electron chi connectivity index (χ2n) is 6.18. The van der Waals surface area contributed by atoms with Crippen LogP contribution in [-0.2, 0) is 0 Å². The molecule has 29 heavy (non-hydrogen) atoms. The SMILES string of the molecule is CCNC(=NCCCOc1ccccc1)NCCCNC(=O)c1ccccc1.I. The summed E-state index contributed by atoms with van der Waals surface area (Å²) in [4.78, 5) is 16.5. The summed E-state index contributed by atoms with van der Waals surface area (Å²) < 4.78 is 5.67. The van der Waals surface area contributed by atoms with Crippen molar-refractivity contribution in [3.63, 3.8) is 0 Å². The lowest BCUT2D eigenvalue weighted by molar-refractivity contribution is 0.0953. The maximum absolute atomic E-state index is 12.0. The molecule has 0 unspecified atom stereocenters. The average molecular weight is 510 g/mol. The topological polar surface area (TPSA) is 74.8 Å². The standard InChI is InChI=1S/C22H30N4O2.HI/c1-2-23-22(26-17-10-18-28-20-13-7-4-8-14-20)25-16-9-15-24-21(27)19-11-5-3-6-12-19;/h3-8,11-14H,2,9-10,15-18H2,1H3,(H,24,27)(H2,23,25,26);1H. The third-order valence-corrected chi connectivity index (χ3v) is 3.90. The van der Waals surface area contributed by atoms with Crippen LogP contribution < -0.4 is 20.7 Å². The van der Waals surface area contributed by atoms with Gasteiger partial charge in [0.2, 0.25) is 0 Å². The molecule has 7 heteroatoms. The molecule has 6 nitrogen and oxygen atoms in total. The molecule has 0 saturated carbocycles. The molecular weight excluding hydrogens is 479 g/mol. The molecule has 0 saturated heterocycles. The zero-order chi connectivity index (χ0) is 19.9. The van der Waals surface area contributed by atoms with Crippen LogP contribution in [-0.4, -0.2) is 44.7 Å². The number of aliphatic imine (C=N–C) groups is 1. The summed E-state index contributed by atoms with van der Waals surface area (Å²) in [6.07, 6.45) is 1.67. The summed E-state index contributed by atoms with van der Waals surface area (Å²) in [5.41, 5.74) is 0.683. The zero-order valence-electron chi connectivity index (χ0n) is 16.9. The van der Waals surface area contributed by atoms with Crippen LogP contribution >= 0.6 is 24.0 Å². The van der Waals surface area contributed by atoms with Crippen LogP contribution in [0.2, 0.25) is 0 Å². The summed E-state index contributed by atoms with van der Waals surface area (Å²) in [6.45, 7) is 5.52. The Labute approximate surface area is 190 Å². The third kappa shape index (κ3) is 10.7. The molecule has 0 aliphatic heterocycles. The van der Waals surface area contributed by atoms with Crippen molar-refractivity contribution < 1.29 is 9.53 Å². The Morgan fingerprint density at radius 3 is 2.24 bits per heavy atom. The predicted octanol–water partition coefficient (Wildman–Crippen LogP) is 3.45. The maximum atomic E-state index is 12.0. The van der Waals surface area contributed by atoms with E-state index in [9.17, 15) is 4.79 Å². The first-order valence-electron chi connectivity index (χ1n) is 9.83. The molecule has 0 spiro atoms. The van der Waals surface area contributed by atoms with E-state index >= 15 is 0 Å². The molecule has 0 aromatic heterocycles. The number of hydrogen-bond donors (Lipinski definition) is 3. The Balaban J connectivity index is 0.00000420. The van der Waals surface area contributed by atoms with Gasteiger partial charge in [-0.2, -0.15) is 0 Å². The van der Waals surface area contributed by atoms with E-state index in [2.05, 4.69) is 20.9 Å². The Morgan fingerprint density at radius 1 is 0.897 bits per heavy atom. The lowest BCUT2D eigenvalue weighted by Crippen LogP contribution is -2.39. The van der Waals surface area contributed by atoms with Gasteiger partial charge in [-0.05, 0) is 37.6 Å². The highest BCUT2D eigenvalue weighted by Crippen LogP contribution is 2.08. The lowest BCUT2D eigenvalue weighted by atomic mass is 10.2. The van der Waals surface area contributed by atoms with Crippen LogP contribution in [0, 0.1) is 0 Å². The van der Waals surface area contributed by atoms with Gasteiger partial charge in [0.05, 0.1) is 6.61 Å². The van der Waals surface area contributed by atoms with Gasteiger partial charge < -0.3 is 20.7 Å². The highest BCUT2D eigenvalue weighted by atomic mass is 127. The highest BCUT2D eigenvalue weighted by molar-refractivity contribution is 14.0. The number of para-hydroxylation sites is 1.